The molecule has 0 radical (unpaired) electrons. The number of hydrogen-bond acceptors (Lipinski definition) is 3. The summed E-state index contributed by atoms with van der Waals surface area (Å²) in [6.07, 6.45) is 7.79. The van der Waals surface area contributed by atoms with E-state index in [0.29, 0.717) is 12.2 Å². The molecule has 20 heavy (non-hydrogen) atoms. The fourth-order valence-corrected chi connectivity index (χ4v) is 3.53. The van der Waals surface area contributed by atoms with Crippen LogP contribution in [0, 0.1) is 0 Å². The topological polar surface area (TPSA) is 72.2 Å². The van der Waals surface area contributed by atoms with E-state index in [9.17, 15) is 8.42 Å². The lowest BCUT2D eigenvalue weighted by molar-refractivity contribution is 0.578. The maximum Gasteiger partial charge on any atom is 0.215 e. The van der Waals surface area contributed by atoms with Crippen LogP contribution in [-0.4, -0.2) is 15.0 Å². The van der Waals surface area contributed by atoms with Gasteiger partial charge in [0, 0.05) is 12.2 Å². The van der Waals surface area contributed by atoms with Crippen LogP contribution in [0.25, 0.3) is 0 Å². The lowest BCUT2D eigenvalue weighted by Crippen LogP contribution is -2.26. The van der Waals surface area contributed by atoms with Crippen LogP contribution in [0.2, 0.25) is 0 Å². The van der Waals surface area contributed by atoms with Gasteiger partial charge in [-0.25, -0.2) is 13.1 Å². The molecule has 4 nitrogen and oxygen atoms in total. The molecule has 0 saturated carbocycles. The van der Waals surface area contributed by atoms with E-state index >= 15 is 0 Å². The second kappa shape index (κ2) is 6.90. The summed E-state index contributed by atoms with van der Waals surface area (Å²) in [5.74, 6) is 0.00628. The van der Waals surface area contributed by atoms with Gasteiger partial charge in [0.05, 0.1) is 5.75 Å². The van der Waals surface area contributed by atoms with Crippen LogP contribution >= 0.6 is 0 Å². The highest BCUT2D eigenvalue weighted by Crippen LogP contribution is 2.19. The van der Waals surface area contributed by atoms with Gasteiger partial charge in [0.2, 0.25) is 10.0 Å². The van der Waals surface area contributed by atoms with E-state index in [1.54, 1.807) is 24.3 Å². The predicted octanol–water partition coefficient (Wildman–Crippen LogP) is 2.58. The van der Waals surface area contributed by atoms with Crippen LogP contribution < -0.4 is 10.5 Å². The zero-order valence-electron chi connectivity index (χ0n) is 11.6. The predicted molar refractivity (Wildman–Crippen MR) is 82.6 cm³/mol. The Balaban J connectivity index is 1.81. The summed E-state index contributed by atoms with van der Waals surface area (Å²) >= 11 is 0. The fourth-order valence-electron chi connectivity index (χ4n) is 2.38. The molecule has 1 aromatic rings. The second-order valence-corrected chi connectivity index (χ2v) is 7.06. The highest BCUT2D eigenvalue weighted by Gasteiger charge is 2.11. The lowest BCUT2D eigenvalue weighted by atomic mass is 9.97. The van der Waals surface area contributed by atoms with E-state index < -0.39 is 10.0 Å². The van der Waals surface area contributed by atoms with Crippen molar-refractivity contribution in [3.63, 3.8) is 0 Å². The highest BCUT2D eigenvalue weighted by atomic mass is 32.2. The number of hydrogen-bond donors (Lipinski definition) is 2. The summed E-state index contributed by atoms with van der Waals surface area (Å²) in [5.41, 5.74) is 8.36. The van der Waals surface area contributed by atoms with Crippen LogP contribution in [0.1, 0.15) is 37.7 Å². The molecule has 0 bridgehead atoms. The van der Waals surface area contributed by atoms with Gasteiger partial charge in [-0.05, 0) is 49.8 Å². The Morgan fingerprint density at radius 3 is 2.55 bits per heavy atom. The first-order valence-corrected chi connectivity index (χ1v) is 8.70. The number of nitrogens with two attached hydrogens (primary N) is 1. The molecule has 3 N–H and O–H groups in total. The minimum atomic E-state index is -3.27. The number of sulfonamides is 1. The molecule has 1 aliphatic carbocycles. The first-order chi connectivity index (χ1) is 9.55. The Labute approximate surface area is 121 Å². The van der Waals surface area contributed by atoms with Gasteiger partial charge >= 0.3 is 0 Å². The van der Waals surface area contributed by atoms with Gasteiger partial charge in [-0.15, -0.1) is 0 Å². The molecule has 0 aliphatic heterocycles. The van der Waals surface area contributed by atoms with Gasteiger partial charge in [0.1, 0.15) is 0 Å². The van der Waals surface area contributed by atoms with Crippen LogP contribution in [-0.2, 0) is 15.8 Å². The summed E-state index contributed by atoms with van der Waals surface area (Å²) < 4.78 is 26.6. The third-order valence-electron chi connectivity index (χ3n) is 3.49. The molecule has 0 aromatic heterocycles. The molecule has 5 heteroatoms. The smallest absolute Gasteiger partial charge is 0.215 e. The molecule has 0 unspecified atom stereocenters. The Morgan fingerprint density at radius 1 is 1.15 bits per heavy atom. The maximum absolute atomic E-state index is 12.0. The number of nitrogen functional groups attached to an aromatic ring is 1. The number of anilines is 1. The number of nitrogens with one attached hydrogen (secondary N) is 1. The van der Waals surface area contributed by atoms with Gasteiger partial charge < -0.3 is 5.73 Å². The maximum atomic E-state index is 12.0. The molecule has 0 heterocycles. The Morgan fingerprint density at radius 2 is 1.90 bits per heavy atom. The van der Waals surface area contributed by atoms with Crippen molar-refractivity contribution in [1.29, 1.82) is 0 Å². The molecule has 1 aliphatic rings. The van der Waals surface area contributed by atoms with Crippen LogP contribution in [0.5, 0.6) is 0 Å². The normalized spacial score (nSPS) is 15.9. The molecule has 0 fully saturated rings. The van der Waals surface area contributed by atoms with E-state index in [2.05, 4.69) is 10.8 Å². The molecule has 110 valence electrons. The van der Waals surface area contributed by atoms with Gasteiger partial charge in [-0.2, -0.15) is 0 Å². The first-order valence-electron chi connectivity index (χ1n) is 7.05. The summed E-state index contributed by atoms with van der Waals surface area (Å²) in [5, 5.41) is 0. The fraction of sp³-hybridized carbons (Fsp3) is 0.467. The Kier molecular flexibility index (Phi) is 5.20. The van der Waals surface area contributed by atoms with Crippen LogP contribution in [0.15, 0.2) is 35.9 Å². The molecule has 2 rings (SSSR count). The highest BCUT2D eigenvalue weighted by molar-refractivity contribution is 7.88. The van der Waals surface area contributed by atoms with Gasteiger partial charge in [-0.1, -0.05) is 23.8 Å². The minimum Gasteiger partial charge on any atom is -0.399 e. The average Bonchev–Trinajstić information content (AvgIpc) is 2.42. The van der Waals surface area contributed by atoms with Crippen molar-refractivity contribution in [3.05, 3.63) is 41.5 Å². The van der Waals surface area contributed by atoms with Crippen molar-refractivity contribution in [2.75, 3.05) is 12.3 Å². The zero-order chi connectivity index (χ0) is 14.4. The molecule has 0 saturated heterocycles. The molecule has 0 spiro atoms. The molecular weight excluding hydrogens is 272 g/mol. The van der Waals surface area contributed by atoms with E-state index in [0.717, 1.165) is 24.8 Å². The van der Waals surface area contributed by atoms with Gasteiger partial charge in [0.25, 0.3) is 0 Å². The third kappa shape index (κ3) is 4.98. The summed E-state index contributed by atoms with van der Waals surface area (Å²) in [6.45, 7) is 0.489. The third-order valence-corrected chi connectivity index (χ3v) is 4.85. The number of benzene rings is 1. The van der Waals surface area contributed by atoms with E-state index in [-0.39, 0.29) is 5.75 Å². The van der Waals surface area contributed by atoms with E-state index in [1.165, 1.54) is 18.4 Å². The average molecular weight is 294 g/mol. The molecule has 0 atom stereocenters. The number of rotatable bonds is 6. The van der Waals surface area contributed by atoms with Crippen molar-refractivity contribution in [2.24, 2.45) is 0 Å². The first kappa shape index (κ1) is 15.1. The van der Waals surface area contributed by atoms with Crippen LogP contribution in [0.4, 0.5) is 5.69 Å². The standard InChI is InChI=1S/C15H22N2O2S/c16-15-8-6-14(7-9-15)12-20(18,19)17-11-10-13-4-2-1-3-5-13/h4,6-9,17H,1-3,5,10-12,16H2. The lowest BCUT2D eigenvalue weighted by Gasteiger charge is -2.13. The molecule has 1 aromatic carbocycles. The Bertz CT molecular complexity index is 562. The van der Waals surface area contributed by atoms with Crippen molar-refractivity contribution in [3.8, 4) is 0 Å². The van der Waals surface area contributed by atoms with Crippen molar-refractivity contribution < 1.29 is 8.42 Å². The SMILES string of the molecule is Nc1ccc(CS(=O)(=O)NCCC2=CCCCC2)cc1. The zero-order valence-corrected chi connectivity index (χ0v) is 12.5. The van der Waals surface area contributed by atoms with E-state index in [4.69, 9.17) is 5.73 Å². The monoisotopic (exact) mass is 294 g/mol. The van der Waals surface area contributed by atoms with Crippen LogP contribution in [0.3, 0.4) is 0 Å². The Hall–Kier alpha value is -1.33. The number of allylic oxidation sites excluding steroid dienone is 1. The molecule has 0 amide bonds. The summed E-state index contributed by atoms with van der Waals surface area (Å²) in [7, 11) is -3.27. The summed E-state index contributed by atoms with van der Waals surface area (Å²) in [6, 6.07) is 6.94. The van der Waals surface area contributed by atoms with Gasteiger partial charge in [0.15, 0.2) is 0 Å². The van der Waals surface area contributed by atoms with Crippen molar-refractivity contribution in [2.45, 2.75) is 37.9 Å². The van der Waals surface area contributed by atoms with Crippen molar-refractivity contribution >= 4 is 15.7 Å². The summed E-state index contributed by atoms with van der Waals surface area (Å²) in [4.78, 5) is 0. The van der Waals surface area contributed by atoms with Gasteiger partial charge in [-0.3, -0.25) is 0 Å². The van der Waals surface area contributed by atoms with E-state index in [1.807, 2.05) is 0 Å². The second-order valence-electron chi connectivity index (χ2n) is 5.25. The minimum absolute atomic E-state index is 0.00628. The molecular formula is C15H22N2O2S. The largest absolute Gasteiger partial charge is 0.399 e. The van der Waals surface area contributed by atoms with Crippen molar-refractivity contribution in [1.82, 2.24) is 4.72 Å². The quantitative estimate of drug-likeness (QED) is 0.625.